The lowest BCUT2D eigenvalue weighted by atomic mass is 10.1. The van der Waals surface area contributed by atoms with Gasteiger partial charge in [-0.1, -0.05) is 28.1 Å². The Balaban J connectivity index is 1.39. The van der Waals surface area contributed by atoms with Crippen molar-refractivity contribution in [3.63, 3.8) is 0 Å². The number of halogens is 4. The Morgan fingerprint density at radius 3 is 2.34 bits per heavy atom. The van der Waals surface area contributed by atoms with Crippen molar-refractivity contribution >= 4 is 39.2 Å². The van der Waals surface area contributed by atoms with E-state index in [1.807, 2.05) is 21.9 Å². The van der Waals surface area contributed by atoms with Crippen LogP contribution in [0, 0.1) is 0 Å². The summed E-state index contributed by atoms with van der Waals surface area (Å²) in [4.78, 5) is 33.5. The number of hydrogen-bond acceptors (Lipinski definition) is 4. The molecule has 1 fully saturated rings. The smallest absolute Gasteiger partial charge is 0.355 e. The van der Waals surface area contributed by atoms with Gasteiger partial charge in [0.05, 0.1) is 23.0 Å². The molecule has 2 amide bonds. The number of alkyl halides is 3. The number of hydrogen-bond donors (Lipinski definition) is 1. The molecule has 6 nitrogen and oxygen atoms in total. The van der Waals surface area contributed by atoms with E-state index in [-0.39, 0.29) is 11.6 Å². The van der Waals surface area contributed by atoms with Crippen LogP contribution in [0.1, 0.15) is 32.7 Å². The maximum atomic E-state index is 13.2. The fourth-order valence-corrected chi connectivity index (χ4v) is 4.16. The fraction of sp³-hybridized carbons (Fsp3) is 0.240. The number of carbonyl (C=O) groups is 2. The molecule has 0 radical (unpaired) electrons. The van der Waals surface area contributed by atoms with Crippen molar-refractivity contribution in [2.45, 2.75) is 12.6 Å². The molecule has 1 aliphatic rings. The van der Waals surface area contributed by atoms with E-state index in [0.29, 0.717) is 37.6 Å². The molecule has 0 bridgehead atoms. The van der Waals surface area contributed by atoms with Crippen LogP contribution in [-0.2, 0) is 6.18 Å². The zero-order valence-corrected chi connectivity index (χ0v) is 20.1. The minimum Gasteiger partial charge on any atom is -0.355 e. The number of amides is 2. The Morgan fingerprint density at radius 1 is 0.914 bits per heavy atom. The molecule has 2 aromatic carbocycles. The summed E-state index contributed by atoms with van der Waals surface area (Å²) in [6, 6.07) is 15.2. The lowest BCUT2D eigenvalue weighted by Crippen LogP contribution is -2.35. The lowest BCUT2D eigenvalue weighted by Gasteiger charge is -2.23. The summed E-state index contributed by atoms with van der Waals surface area (Å²) in [5.74, 6) is -0.217. The molecule has 1 aliphatic heterocycles. The standard InChI is InChI=1S/C25H22BrF3N4O2/c26-18-8-6-17(7-9-18)24(35)33-13-3-12-32(14-15-33)22-11-10-19(16-30-22)31-23(34)20-4-1-2-5-21(20)25(27,28)29/h1-2,4-11,16H,3,12-15H2,(H,31,34). The van der Waals surface area contributed by atoms with E-state index in [0.717, 1.165) is 23.0 Å². The zero-order chi connectivity index (χ0) is 25.0. The number of nitrogens with zero attached hydrogens (tertiary/aromatic N) is 3. The molecule has 0 spiro atoms. The van der Waals surface area contributed by atoms with Crippen LogP contribution >= 0.6 is 15.9 Å². The number of carbonyl (C=O) groups excluding carboxylic acids is 2. The van der Waals surface area contributed by atoms with Crippen molar-refractivity contribution in [1.29, 1.82) is 0 Å². The quantitative estimate of drug-likeness (QED) is 0.471. The molecule has 0 aliphatic carbocycles. The average Bonchev–Trinajstić information content (AvgIpc) is 3.10. The number of pyridine rings is 1. The summed E-state index contributed by atoms with van der Waals surface area (Å²) < 4.78 is 40.5. The second kappa shape index (κ2) is 10.5. The first-order chi connectivity index (χ1) is 16.7. The van der Waals surface area contributed by atoms with Crippen LogP contribution in [0.25, 0.3) is 0 Å². The molecule has 2 heterocycles. The molecule has 10 heteroatoms. The van der Waals surface area contributed by atoms with Crippen LogP contribution in [0.2, 0.25) is 0 Å². The summed E-state index contributed by atoms with van der Waals surface area (Å²) in [5.41, 5.74) is -0.523. The predicted octanol–water partition coefficient (Wildman–Crippen LogP) is 5.47. The topological polar surface area (TPSA) is 65.5 Å². The molecule has 1 N–H and O–H groups in total. The molecule has 0 saturated carbocycles. The molecular weight excluding hydrogens is 525 g/mol. The Hall–Kier alpha value is -3.40. The van der Waals surface area contributed by atoms with Crippen LogP contribution < -0.4 is 10.2 Å². The van der Waals surface area contributed by atoms with E-state index in [1.165, 1.54) is 18.3 Å². The van der Waals surface area contributed by atoms with Gasteiger partial charge in [0.25, 0.3) is 11.8 Å². The first-order valence-electron chi connectivity index (χ1n) is 11.0. The van der Waals surface area contributed by atoms with E-state index in [2.05, 4.69) is 26.2 Å². The molecule has 4 rings (SSSR count). The molecule has 1 aromatic heterocycles. The first kappa shape index (κ1) is 24.7. The Labute approximate surface area is 208 Å². The highest BCUT2D eigenvalue weighted by molar-refractivity contribution is 9.10. The Morgan fingerprint density at radius 2 is 1.66 bits per heavy atom. The average molecular weight is 547 g/mol. The highest BCUT2D eigenvalue weighted by Crippen LogP contribution is 2.32. The number of anilines is 2. The van der Waals surface area contributed by atoms with Gasteiger partial charge in [0.15, 0.2) is 0 Å². The molecule has 1 saturated heterocycles. The number of nitrogens with one attached hydrogen (secondary N) is 1. The maximum Gasteiger partial charge on any atom is 0.417 e. The van der Waals surface area contributed by atoms with Gasteiger partial charge in [-0.3, -0.25) is 9.59 Å². The summed E-state index contributed by atoms with van der Waals surface area (Å²) in [6.45, 7) is 2.43. The van der Waals surface area contributed by atoms with Gasteiger partial charge >= 0.3 is 6.18 Å². The molecule has 3 aromatic rings. The van der Waals surface area contributed by atoms with E-state index >= 15 is 0 Å². The van der Waals surface area contributed by atoms with Gasteiger partial charge in [-0.15, -0.1) is 0 Å². The molecule has 182 valence electrons. The van der Waals surface area contributed by atoms with E-state index in [9.17, 15) is 22.8 Å². The highest BCUT2D eigenvalue weighted by Gasteiger charge is 2.34. The van der Waals surface area contributed by atoms with Crippen LogP contribution in [0.3, 0.4) is 0 Å². The van der Waals surface area contributed by atoms with Crippen LogP contribution in [0.4, 0.5) is 24.7 Å². The van der Waals surface area contributed by atoms with Crippen LogP contribution in [0.15, 0.2) is 71.3 Å². The van der Waals surface area contributed by atoms with Crippen molar-refractivity contribution in [3.8, 4) is 0 Å². The van der Waals surface area contributed by atoms with E-state index in [4.69, 9.17) is 0 Å². The van der Waals surface area contributed by atoms with Gasteiger partial charge in [0.2, 0.25) is 0 Å². The van der Waals surface area contributed by atoms with Crippen molar-refractivity contribution < 1.29 is 22.8 Å². The van der Waals surface area contributed by atoms with Gasteiger partial charge in [-0.25, -0.2) is 4.98 Å². The third-order valence-corrected chi connectivity index (χ3v) is 6.21. The van der Waals surface area contributed by atoms with Crippen LogP contribution in [-0.4, -0.2) is 47.9 Å². The minimum atomic E-state index is -4.63. The third-order valence-electron chi connectivity index (χ3n) is 5.68. The Kier molecular flexibility index (Phi) is 7.39. The summed E-state index contributed by atoms with van der Waals surface area (Å²) in [6.07, 6.45) is -2.45. The Bertz CT molecular complexity index is 1200. The SMILES string of the molecule is O=C(Nc1ccc(N2CCCN(C(=O)c3ccc(Br)cc3)CC2)nc1)c1ccccc1C(F)(F)F. The van der Waals surface area contributed by atoms with Crippen molar-refractivity contribution in [3.05, 3.63) is 88.0 Å². The normalized spacial score (nSPS) is 14.4. The number of aromatic nitrogens is 1. The van der Waals surface area contributed by atoms with Gasteiger partial charge in [0.1, 0.15) is 5.82 Å². The molecular formula is C25H22BrF3N4O2. The second-order valence-corrected chi connectivity index (χ2v) is 8.96. The molecule has 0 atom stereocenters. The monoisotopic (exact) mass is 546 g/mol. The number of benzene rings is 2. The summed E-state index contributed by atoms with van der Waals surface area (Å²) in [5, 5.41) is 2.48. The number of rotatable bonds is 4. The molecule has 0 unspecified atom stereocenters. The maximum absolute atomic E-state index is 13.2. The van der Waals surface area contributed by atoms with Gasteiger partial charge in [-0.2, -0.15) is 13.2 Å². The van der Waals surface area contributed by atoms with Gasteiger partial charge in [-0.05, 0) is 55.0 Å². The second-order valence-electron chi connectivity index (χ2n) is 8.04. The summed E-state index contributed by atoms with van der Waals surface area (Å²) in [7, 11) is 0. The fourth-order valence-electron chi connectivity index (χ4n) is 3.90. The lowest BCUT2D eigenvalue weighted by molar-refractivity contribution is -0.137. The van der Waals surface area contributed by atoms with Crippen LogP contribution in [0.5, 0.6) is 0 Å². The summed E-state index contributed by atoms with van der Waals surface area (Å²) >= 11 is 3.37. The van der Waals surface area contributed by atoms with E-state index in [1.54, 1.807) is 24.3 Å². The highest BCUT2D eigenvalue weighted by atomic mass is 79.9. The molecule has 35 heavy (non-hydrogen) atoms. The third kappa shape index (κ3) is 6.00. The largest absolute Gasteiger partial charge is 0.417 e. The zero-order valence-electron chi connectivity index (χ0n) is 18.6. The first-order valence-corrected chi connectivity index (χ1v) is 11.7. The van der Waals surface area contributed by atoms with Crippen molar-refractivity contribution in [2.24, 2.45) is 0 Å². The van der Waals surface area contributed by atoms with Gasteiger partial charge < -0.3 is 15.1 Å². The van der Waals surface area contributed by atoms with Crippen molar-refractivity contribution in [1.82, 2.24) is 9.88 Å². The predicted molar refractivity (Wildman–Crippen MR) is 131 cm³/mol. The van der Waals surface area contributed by atoms with E-state index < -0.39 is 23.2 Å². The van der Waals surface area contributed by atoms with Gasteiger partial charge in [0, 0.05) is 36.2 Å². The van der Waals surface area contributed by atoms with Crippen molar-refractivity contribution in [2.75, 3.05) is 36.4 Å². The minimum absolute atomic E-state index is 0.0236.